The Labute approximate surface area is 388 Å². The Balaban J connectivity index is 0.00000458. The van der Waals surface area contributed by atoms with Crippen molar-refractivity contribution in [2.45, 2.75) is 42.0 Å². The third kappa shape index (κ3) is 7.13. The second-order valence-electron chi connectivity index (χ2n) is 16.9. The van der Waals surface area contributed by atoms with Gasteiger partial charge in [0.05, 0.1) is 0 Å². The van der Waals surface area contributed by atoms with Crippen LogP contribution in [0.25, 0.3) is 49.9 Å². The van der Waals surface area contributed by atoms with Gasteiger partial charge in [0.1, 0.15) is 0 Å². The molecule has 9 aromatic rings. The van der Waals surface area contributed by atoms with Gasteiger partial charge in [-0.1, -0.05) is 112 Å². The van der Waals surface area contributed by atoms with Crippen LogP contribution < -0.4 is 14.5 Å². The van der Waals surface area contributed by atoms with E-state index in [-0.39, 0.29) is 47.4 Å². The fraction of sp³-hybridized carbons (Fsp3) is 0.127. The van der Waals surface area contributed by atoms with Crippen molar-refractivity contribution < 1.29 is 25.8 Å². The Hall–Kier alpha value is -5.63. The maximum absolute atomic E-state index is 6.87. The summed E-state index contributed by atoms with van der Waals surface area (Å²) < 4.78 is 11.5. The van der Waals surface area contributed by atoms with Crippen LogP contribution in [0.2, 0.25) is 0 Å². The first-order valence-corrected chi connectivity index (χ1v) is 24.1. The van der Waals surface area contributed by atoms with Crippen LogP contribution in [-0.2, 0) is 35.4 Å². The second-order valence-corrected chi connectivity index (χ2v) is 19.7. The zero-order valence-electron chi connectivity index (χ0n) is 34.9. The van der Waals surface area contributed by atoms with Crippen LogP contribution in [0, 0.1) is 25.7 Å². The summed E-state index contributed by atoms with van der Waals surface area (Å²) in [5.41, 5.74) is 15.9. The summed E-state index contributed by atoms with van der Waals surface area (Å²) in [6, 6.07) is 63.4. The zero-order chi connectivity index (χ0) is 41.2. The summed E-state index contributed by atoms with van der Waals surface area (Å²) in [7, 11) is 0. The zero-order valence-corrected chi connectivity index (χ0v) is 39.5. The first-order chi connectivity index (χ1) is 29.8. The van der Waals surface area contributed by atoms with E-state index < -0.39 is 0 Å². The van der Waals surface area contributed by atoms with E-state index in [0.717, 1.165) is 77.3 Å². The summed E-state index contributed by atoms with van der Waals surface area (Å²) in [6.45, 7) is 11.2. The van der Waals surface area contributed by atoms with Crippen LogP contribution in [0.1, 0.15) is 43.2 Å². The van der Waals surface area contributed by atoms with E-state index in [4.69, 9.17) is 9.72 Å². The number of aromatic nitrogens is 2. The van der Waals surface area contributed by atoms with Gasteiger partial charge in [-0.15, -0.1) is 12.7 Å². The van der Waals surface area contributed by atoms with Gasteiger partial charge in [-0.05, 0) is 28.7 Å². The molecule has 0 aliphatic carbocycles. The number of para-hydroxylation sites is 4. The predicted octanol–water partition coefficient (Wildman–Crippen LogP) is 13.6. The minimum atomic E-state index is -0.166. The number of ether oxygens (including phenoxy) is 1. The summed E-state index contributed by atoms with van der Waals surface area (Å²) in [5.74, 6) is 2.22. The first-order valence-electron chi connectivity index (χ1n) is 20.8. The maximum atomic E-state index is 6.87. The molecule has 0 bridgehead atoms. The largest absolute Gasteiger partial charge is 0 e. The normalized spacial score (nSPS) is 13.4. The molecular formula is C55H43N4OPtTe-3. The second kappa shape index (κ2) is 16.2. The van der Waals surface area contributed by atoms with E-state index in [2.05, 4.69) is 213 Å². The number of hydrogen-bond acceptors (Lipinski definition) is 4. The fourth-order valence-corrected chi connectivity index (χ4v) is 12.1. The van der Waals surface area contributed by atoms with Crippen molar-refractivity contribution >= 4 is 65.5 Å². The van der Waals surface area contributed by atoms with E-state index >= 15 is 0 Å². The minimum absolute atomic E-state index is 0. The standard InChI is InChI=1S/C55H43N4OTe.Pt/c1-36-28-53(56-48-34-61-33-47(36)48)59-49-23-12-11-20-45(49)46-27-26-41(32-52(46)59)60-42-30-39(55(2,3)4)29-40(31-42)57-35-58(51-25-14-13-24-50(51)57)54-43(37-16-7-5-8-17-37)21-15-22-44(54)38-18-9-6-10-19-38;/h5-30,35H,33-34H2,1-4H3;/q-3;. The Bertz CT molecular complexity index is 3080. The third-order valence-corrected chi connectivity index (χ3v) is 14.7. The summed E-state index contributed by atoms with van der Waals surface area (Å²) >= 11 is -0.0477. The Kier molecular flexibility index (Phi) is 10.6. The molecule has 62 heavy (non-hydrogen) atoms. The molecule has 0 N–H and O–H groups in total. The SMILES string of the molecule is Cc1cc(-n2c3[c-]c(Oc4[c-]c(N5[CH-]N(c6c(-c7ccccc7)cccc6-c6ccccc6)c6ccccc65)cc(C(C)(C)C)c4)ccc3c3ccccc32)nc2c1C[Te]C2.[Pt]. The summed E-state index contributed by atoms with van der Waals surface area (Å²) in [5, 5.41) is 2.30. The molecule has 308 valence electrons. The molecule has 7 heteroatoms. The average molecular weight is 1100 g/mol. The van der Waals surface area contributed by atoms with Crippen molar-refractivity contribution in [1.82, 2.24) is 9.55 Å². The van der Waals surface area contributed by atoms with Crippen molar-refractivity contribution in [3.05, 3.63) is 199 Å². The van der Waals surface area contributed by atoms with Crippen LogP contribution in [0.3, 0.4) is 0 Å². The van der Waals surface area contributed by atoms with Gasteiger partial charge in [0.15, 0.2) is 0 Å². The molecule has 5 nitrogen and oxygen atoms in total. The maximum Gasteiger partial charge on any atom is 0 e. The van der Waals surface area contributed by atoms with Crippen LogP contribution in [0.5, 0.6) is 11.5 Å². The number of benzene rings is 7. The van der Waals surface area contributed by atoms with Gasteiger partial charge in [-0.2, -0.15) is 0 Å². The van der Waals surface area contributed by atoms with E-state index in [1.54, 1.807) is 0 Å². The number of anilines is 4. The van der Waals surface area contributed by atoms with E-state index in [0.29, 0.717) is 11.5 Å². The van der Waals surface area contributed by atoms with E-state index in [1.165, 1.54) is 26.7 Å². The Morgan fingerprint density at radius 2 is 1.31 bits per heavy atom. The number of nitrogens with zero attached hydrogens (tertiary/aromatic N) is 4. The number of aryl methyl sites for hydroxylation is 1. The van der Waals surface area contributed by atoms with Gasteiger partial charge in [-0.25, -0.2) is 0 Å². The van der Waals surface area contributed by atoms with Gasteiger partial charge in [0.2, 0.25) is 0 Å². The van der Waals surface area contributed by atoms with E-state index in [1.807, 2.05) is 6.07 Å². The molecule has 0 spiro atoms. The van der Waals surface area contributed by atoms with Crippen molar-refractivity contribution in [3.63, 3.8) is 0 Å². The molecule has 0 fully saturated rings. The molecule has 0 saturated heterocycles. The molecule has 2 aromatic heterocycles. The van der Waals surface area contributed by atoms with Gasteiger partial charge < -0.3 is 9.80 Å². The van der Waals surface area contributed by atoms with Crippen molar-refractivity contribution in [2.24, 2.45) is 0 Å². The molecule has 0 unspecified atom stereocenters. The van der Waals surface area contributed by atoms with E-state index in [9.17, 15) is 0 Å². The van der Waals surface area contributed by atoms with Gasteiger partial charge >= 0.3 is 179 Å². The quantitative estimate of drug-likeness (QED) is 0.118. The molecule has 11 rings (SSSR count). The first kappa shape index (κ1) is 40.4. The topological polar surface area (TPSA) is 33.5 Å². The molecule has 0 saturated carbocycles. The molecule has 0 atom stereocenters. The summed E-state index contributed by atoms with van der Waals surface area (Å²) in [4.78, 5) is 9.87. The number of fused-ring (bicyclic) bond motifs is 5. The average Bonchev–Trinajstić information content (AvgIpc) is 4.01. The predicted molar refractivity (Wildman–Crippen MR) is 252 cm³/mol. The van der Waals surface area contributed by atoms with Crippen molar-refractivity contribution in [3.8, 4) is 39.6 Å². The minimum Gasteiger partial charge on any atom is 0 e. The van der Waals surface area contributed by atoms with Gasteiger partial charge in [-0.3, -0.25) is 0 Å². The van der Waals surface area contributed by atoms with Crippen LogP contribution in [0.15, 0.2) is 158 Å². The molecule has 2 aliphatic heterocycles. The fourth-order valence-electron chi connectivity index (χ4n) is 8.85. The smallest absolute Gasteiger partial charge is 0 e. The van der Waals surface area contributed by atoms with Crippen molar-refractivity contribution in [1.29, 1.82) is 0 Å². The Morgan fingerprint density at radius 1 is 0.645 bits per heavy atom. The monoisotopic (exact) mass is 1100 g/mol. The number of pyridine rings is 1. The summed E-state index contributed by atoms with van der Waals surface area (Å²) in [6.07, 6.45) is 0. The molecule has 0 radical (unpaired) electrons. The van der Waals surface area contributed by atoms with Crippen LogP contribution in [0.4, 0.5) is 22.7 Å². The van der Waals surface area contributed by atoms with Crippen LogP contribution in [-0.4, -0.2) is 30.5 Å². The Morgan fingerprint density at radius 3 is 2.02 bits per heavy atom. The molecular weight excluding hydrogens is 1060 g/mol. The molecule has 7 aromatic carbocycles. The third-order valence-electron chi connectivity index (χ3n) is 11.9. The van der Waals surface area contributed by atoms with Gasteiger partial charge in [0, 0.05) is 49.3 Å². The molecule has 0 amide bonds. The molecule has 2 aliphatic rings. The van der Waals surface area contributed by atoms with Gasteiger partial charge in [0.25, 0.3) is 0 Å². The number of rotatable bonds is 7. The van der Waals surface area contributed by atoms with Crippen molar-refractivity contribution in [2.75, 3.05) is 9.80 Å². The van der Waals surface area contributed by atoms with Crippen LogP contribution >= 0.6 is 0 Å². The number of hydrogen-bond donors (Lipinski definition) is 0. The molecule has 4 heterocycles.